The maximum atomic E-state index is 10.2. The normalized spacial score (nSPS) is 7.25. The van der Waals surface area contributed by atoms with E-state index >= 15 is 0 Å². The second-order valence-corrected chi connectivity index (χ2v) is 1.16. The summed E-state index contributed by atoms with van der Waals surface area (Å²) in [4.78, 5) is 10.2. The third-order valence-corrected chi connectivity index (χ3v) is 0.594. The van der Waals surface area contributed by atoms with Gasteiger partial charge in [-0.05, 0) is 6.92 Å². The average Bonchev–Trinajstić information content (AvgIpc) is 1.68. The summed E-state index contributed by atoms with van der Waals surface area (Å²) in [5.41, 5.74) is 0. The van der Waals surface area contributed by atoms with Crippen LogP contribution in [0.1, 0.15) is 20.3 Å². The van der Waals surface area contributed by atoms with Gasteiger partial charge >= 0.3 is 24.8 Å². The van der Waals surface area contributed by atoms with Crippen molar-refractivity contribution in [3.05, 3.63) is 0 Å². The molecule has 0 N–H and O–H groups in total. The first-order valence-electron chi connectivity index (χ1n) is 2.46. The van der Waals surface area contributed by atoms with Gasteiger partial charge in [0.1, 0.15) is 0 Å². The number of carbonyl (C=O) groups excluding carboxylic acids is 1. The molecular weight excluding hydrogens is 99.0 g/mol. The molecule has 0 radical (unpaired) electrons. The monoisotopic (exact) mass is 110 g/mol. The molecule has 0 aliphatic heterocycles. The molecule has 0 aromatic rings. The number of hydrogen-bond acceptors (Lipinski definition) is 2. The Bertz CT molecular complexity index is 63.4. The zero-order valence-corrected chi connectivity index (χ0v) is 4.73. The van der Waals surface area contributed by atoms with Gasteiger partial charge in [-0.15, -0.1) is 0 Å². The quantitative estimate of drug-likeness (QED) is 0.377. The molecule has 0 aromatic carbocycles. The predicted molar refractivity (Wildman–Crippen MR) is 34.1 cm³/mol. The van der Waals surface area contributed by atoms with E-state index in [-0.39, 0.29) is 24.8 Å². The molecule has 0 amide bonds. The van der Waals surface area contributed by atoms with Crippen molar-refractivity contribution in [1.82, 2.24) is 0 Å². The van der Waals surface area contributed by atoms with Crippen molar-refractivity contribution in [1.29, 1.82) is 0 Å². The van der Waals surface area contributed by atoms with Gasteiger partial charge in [-0.3, -0.25) is 4.79 Å². The summed E-state index contributed by atoms with van der Waals surface area (Å²) in [5.74, 6) is -0.123. The standard InChI is InChI=1S/C5H10O2.Li.H/c1-3-5(6)7-4-2;;/h3-4H2,1-2H3;;. The van der Waals surface area contributed by atoms with Crippen molar-refractivity contribution >= 4 is 24.8 Å². The molecule has 0 rings (SSSR count). The molecule has 0 spiro atoms. The Morgan fingerprint density at radius 1 is 1.50 bits per heavy atom. The van der Waals surface area contributed by atoms with E-state index in [9.17, 15) is 4.79 Å². The van der Waals surface area contributed by atoms with Crippen LogP contribution in [0.25, 0.3) is 0 Å². The second-order valence-electron chi connectivity index (χ2n) is 1.16. The van der Waals surface area contributed by atoms with E-state index in [0.717, 1.165) is 0 Å². The van der Waals surface area contributed by atoms with Gasteiger partial charge in [0.2, 0.25) is 0 Å². The topological polar surface area (TPSA) is 26.3 Å². The zero-order valence-electron chi connectivity index (χ0n) is 4.73. The first kappa shape index (κ1) is 10.9. The van der Waals surface area contributed by atoms with Gasteiger partial charge in [-0.25, -0.2) is 0 Å². The van der Waals surface area contributed by atoms with Crippen LogP contribution < -0.4 is 0 Å². The molecule has 0 aliphatic rings. The van der Waals surface area contributed by atoms with Crippen LogP contribution in [0.4, 0.5) is 0 Å². The van der Waals surface area contributed by atoms with Gasteiger partial charge in [-0.2, -0.15) is 0 Å². The molecule has 8 heavy (non-hydrogen) atoms. The molecule has 2 nitrogen and oxygen atoms in total. The Morgan fingerprint density at radius 3 is 2.12 bits per heavy atom. The van der Waals surface area contributed by atoms with Crippen LogP contribution in [-0.4, -0.2) is 31.4 Å². The van der Waals surface area contributed by atoms with E-state index in [1.54, 1.807) is 13.8 Å². The van der Waals surface area contributed by atoms with Crippen LogP contribution in [-0.2, 0) is 9.53 Å². The molecular formula is C5H11LiO2. The molecule has 0 fully saturated rings. The molecule has 0 saturated carbocycles. The molecule has 0 aromatic heterocycles. The van der Waals surface area contributed by atoms with Crippen molar-refractivity contribution < 1.29 is 9.53 Å². The minimum atomic E-state index is -0.123. The van der Waals surface area contributed by atoms with Crippen molar-refractivity contribution in [3.63, 3.8) is 0 Å². The van der Waals surface area contributed by atoms with Gasteiger partial charge in [0, 0.05) is 6.42 Å². The number of carbonyl (C=O) groups is 1. The van der Waals surface area contributed by atoms with Gasteiger partial charge < -0.3 is 4.74 Å². The minimum absolute atomic E-state index is 0. The summed E-state index contributed by atoms with van der Waals surface area (Å²) in [6.45, 7) is 4.07. The van der Waals surface area contributed by atoms with Crippen molar-refractivity contribution in [2.45, 2.75) is 20.3 Å². The van der Waals surface area contributed by atoms with E-state index in [1.165, 1.54) is 0 Å². The van der Waals surface area contributed by atoms with Crippen molar-refractivity contribution in [3.8, 4) is 0 Å². The fourth-order valence-electron chi connectivity index (χ4n) is 0.263. The Hall–Kier alpha value is 0.0674. The van der Waals surface area contributed by atoms with E-state index in [4.69, 9.17) is 0 Å². The third kappa shape index (κ3) is 6.07. The third-order valence-electron chi connectivity index (χ3n) is 0.594. The summed E-state index contributed by atoms with van der Waals surface area (Å²) in [7, 11) is 0. The predicted octanol–water partition coefficient (Wildman–Crippen LogP) is 0.311. The summed E-state index contributed by atoms with van der Waals surface area (Å²) in [5, 5.41) is 0. The number of rotatable bonds is 2. The fourth-order valence-corrected chi connectivity index (χ4v) is 0.263. The molecule has 0 saturated heterocycles. The van der Waals surface area contributed by atoms with Gasteiger partial charge in [0.25, 0.3) is 0 Å². The van der Waals surface area contributed by atoms with Crippen molar-refractivity contribution in [2.24, 2.45) is 0 Å². The molecule has 44 valence electrons. The van der Waals surface area contributed by atoms with E-state index in [0.29, 0.717) is 13.0 Å². The Kier molecular flexibility index (Phi) is 9.67. The molecule has 0 atom stereocenters. The molecule has 0 aliphatic carbocycles. The Morgan fingerprint density at radius 2 is 2.00 bits per heavy atom. The van der Waals surface area contributed by atoms with Crippen LogP contribution in [0.5, 0.6) is 0 Å². The van der Waals surface area contributed by atoms with Gasteiger partial charge in [0.05, 0.1) is 6.61 Å². The molecule has 3 heteroatoms. The van der Waals surface area contributed by atoms with Crippen LogP contribution in [0.15, 0.2) is 0 Å². The number of hydrogen-bond donors (Lipinski definition) is 0. The average molecular weight is 110 g/mol. The first-order chi connectivity index (χ1) is 3.31. The summed E-state index contributed by atoms with van der Waals surface area (Å²) in [6, 6.07) is 0. The van der Waals surface area contributed by atoms with Crippen LogP contribution in [0.2, 0.25) is 0 Å². The Labute approximate surface area is 61.8 Å². The van der Waals surface area contributed by atoms with Gasteiger partial charge in [-0.1, -0.05) is 6.92 Å². The van der Waals surface area contributed by atoms with E-state index in [1.807, 2.05) is 0 Å². The zero-order chi connectivity index (χ0) is 5.70. The van der Waals surface area contributed by atoms with E-state index in [2.05, 4.69) is 4.74 Å². The Balaban J connectivity index is 0. The first-order valence-corrected chi connectivity index (χ1v) is 2.46. The fraction of sp³-hybridized carbons (Fsp3) is 0.800. The van der Waals surface area contributed by atoms with Crippen LogP contribution >= 0.6 is 0 Å². The number of esters is 1. The second kappa shape index (κ2) is 7.07. The summed E-state index contributed by atoms with van der Waals surface area (Å²) < 4.78 is 4.55. The summed E-state index contributed by atoms with van der Waals surface area (Å²) in [6.07, 6.45) is 0.480. The van der Waals surface area contributed by atoms with E-state index < -0.39 is 0 Å². The van der Waals surface area contributed by atoms with Crippen LogP contribution in [0, 0.1) is 0 Å². The molecule has 0 unspecified atom stereocenters. The summed E-state index contributed by atoms with van der Waals surface area (Å²) >= 11 is 0. The van der Waals surface area contributed by atoms with Crippen LogP contribution in [0.3, 0.4) is 0 Å². The van der Waals surface area contributed by atoms with Crippen molar-refractivity contribution in [2.75, 3.05) is 6.61 Å². The maximum absolute atomic E-state index is 10.2. The molecule has 0 bridgehead atoms. The van der Waals surface area contributed by atoms with Gasteiger partial charge in [0.15, 0.2) is 0 Å². The number of ether oxygens (including phenoxy) is 1. The SMILES string of the molecule is CCOC(=O)CC.[LiH]. The molecule has 0 heterocycles.